The van der Waals surface area contributed by atoms with Gasteiger partial charge in [-0.1, -0.05) is 19.8 Å². The van der Waals surface area contributed by atoms with E-state index in [9.17, 15) is 4.79 Å². The van der Waals surface area contributed by atoms with Crippen LogP contribution in [0.2, 0.25) is 0 Å². The van der Waals surface area contributed by atoms with Crippen LogP contribution >= 0.6 is 0 Å². The molecule has 82 valence electrons. The highest BCUT2D eigenvalue weighted by Crippen LogP contribution is 2.18. The molecule has 0 aromatic carbocycles. The summed E-state index contributed by atoms with van der Waals surface area (Å²) in [5.41, 5.74) is 0.951. The van der Waals surface area contributed by atoms with Gasteiger partial charge in [-0.05, 0) is 18.9 Å². The molecular weight excluding hydrogens is 202 g/mol. The molecular formula is C12H13N3O. The second kappa shape index (κ2) is 5.72. The third kappa shape index (κ3) is 2.71. The molecule has 0 aromatic rings. The Bertz CT molecular complexity index is 416. The highest BCUT2D eigenvalue weighted by atomic mass is 16.1. The molecule has 1 N–H and O–H groups in total. The summed E-state index contributed by atoms with van der Waals surface area (Å²) in [6, 6.07) is 3.52. The molecule has 1 aliphatic rings. The molecule has 0 atom stereocenters. The van der Waals surface area contributed by atoms with Gasteiger partial charge in [-0.15, -0.1) is 0 Å². The Kier molecular flexibility index (Phi) is 4.29. The summed E-state index contributed by atoms with van der Waals surface area (Å²) in [6.07, 6.45) is 5.44. The number of allylic oxidation sites excluding steroid dienone is 2. The van der Waals surface area contributed by atoms with Crippen LogP contribution in [0.3, 0.4) is 0 Å². The molecule has 0 spiro atoms. The summed E-state index contributed by atoms with van der Waals surface area (Å²) >= 11 is 0. The van der Waals surface area contributed by atoms with Crippen molar-refractivity contribution in [2.45, 2.75) is 32.6 Å². The molecule has 0 aliphatic carbocycles. The van der Waals surface area contributed by atoms with E-state index >= 15 is 0 Å². The van der Waals surface area contributed by atoms with Gasteiger partial charge in [0.25, 0.3) is 5.91 Å². The Morgan fingerprint density at radius 2 is 2.06 bits per heavy atom. The van der Waals surface area contributed by atoms with Gasteiger partial charge in [0.2, 0.25) is 0 Å². The van der Waals surface area contributed by atoms with Crippen molar-refractivity contribution in [2.75, 3.05) is 0 Å². The molecule has 16 heavy (non-hydrogen) atoms. The summed E-state index contributed by atoms with van der Waals surface area (Å²) < 4.78 is 0. The molecule has 1 heterocycles. The van der Waals surface area contributed by atoms with Gasteiger partial charge < -0.3 is 5.32 Å². The van der Waals surface area contributed by atoms with Gasteiger partial charge >= 0.3 is 0 Å². The third-order valence-corrected chi connectivity index (χ3v) is 2.40. The molecule has 1 rings (SSSR count). The van der Waals surface area contributed by atoms with Gasteiger partial charge in [-0.25, -0.2) is 0 Å². The molecule has 0 bridgehead atoms. The van der Waals surface area contributed by atoms with E-state index in [2.05, 4.69) is 12.2 Å². The van der Waals surface area contributed by atoms with Crippen molar-refractivity contribution in [3.05, 3.63) is 22.9 Å². The first kappa shape index (κ1) is 12.0. The molecule has 0 unspecified atom stereocenters. The molecule has 0 radical (unpaired) electrons. The van der Waals surface area contributed by atoms with Crippen molar-refractivity contribution >= 4 is 5.91 Å². The van der Waals surface area contributed by atoms with Gasteiger partial charge in [-0.2, -0.15) is 10.5 Å². The molecule has 4 heteroatoms. The van der Waals surface area contributed by atoms with Crippen molar-refractivity contribution in [1.29, 1.82) is 10.5 Å². The predicted molar refractivity (Wildman–Crippen MR) is 58.6 cm³/mol. The highest BCUT2D eigenvalue weighted by molar-refractivity contribution is 5.99. The SMILES string of the molecule is CCCCCC1=CC(=C(C#N)C#N)NC1=O. The number of nitrogens with zero attached hydrogens (tertiary/aromatic N) is 2. The Balaban J connectivity index is 2.78. The van der Waals surface area contributed by atoms with Crippen LogP contribution in [0, 0.1) is 22.7 Å². The summed E-state index contributed by atoms with van der Waals surface area (Å²) in [7, 11) is 0. The topological polar surface area (TPSA) is 76.7 Å². The van der Waals surface area contributed by atoms with Crippen molar-refractivity contribution in [3.63, 3.8) is 0 Å². The molecule has 0 fully saturated rings. The fraction of sp³-hybridized carbons (Fsp3) is 0.417. The fourth-order valence-corrected chi connectivity index (χ4v) is 1.51. The lowest BCUT2D eigenvalue weighted by Gasteiger charge is -1.98. The van der Waals surface area contributed by atoms with E-state index < -0.39 is 0 Å². The van der Waals surface area contributed by atoms with Crippen molar-refractivity contribution < 1.29 is 4.79 Å². The van der Waals surface area contributed by atoms with Gasteiger partial charge in [-0.3, -0.25) is 4.79 Å². The Morgan fingerprint density at radius 3 is 2.62 bits per heavy atom. The van der Waals surface area contributed by atoms with Gasteiger partial charge in [0.05, 0.1) is 5.70 Å². The van der Waals surface area contributed by atoms with Crippen LogP contribution < -0.4 is 5.32 Å². The Morgan fingerprint density at radius 1 is 1.38 bits per heavy atom. The van der Waals surface area contributed by atoms with Gasteiger partial charge in [0, 0.05) is 5.57 Å². The van der Waals surface area contributed by atoms with E-state index in [4.69, 9.17) is 10.5 Å². The normalized spacial score (nSPS) is 13.8. The zero-order chi connectivity index (χ0) is 12.0. The molecule has 1 amide bonds. The number of hydrogen-bond acceptors (Lipinski definition) is 3. The maximum absolute atomic E-state index is 11.5. The first-order chi connectivity index (χ1) is 7.72. The first-order valence-electron chi connectivity index (χ1n) is 5.29. The lowest BCUT2D eigenvalue weighted by molar-refractivity contribution is -0.116. The number of nitrogens with one attached hydrogen (secondary N) is 1. The average molecular weight is 215 g/mol. The Hall–Kier alpha value is -2.07. The number of amides is 1. The van der Waals surface area contributed by atoms with Gasteiger partial charge in [0.1, 0.15) is 12.1 Å². The minimum Gasteiger partial charge on any atom is -0.320 e. The van der Waals surface area contributed by atoms with Crippen molar-refractivity contribution in [1.82, 2.24) is 5.32 Å². The van der Waals surface area contributed by atoms with E-state index in [0.717, 1.165) is 19.3 Å². The maximum atomic E-state index is 11.5. The molecule has 0 saturated heterocycles. The summed E-state index contributed by atoms with van der Waals surface area (Å²) in [5, 5.41) is 19.9. The number of carbonyl (C=O) groups excluding carboxylic acids is 1. The molecule has 4 nitrogen and oxygen atoms in total. The van der Waals surface area contributed by atoms with E-state index in [1.54, 1.807) is 18.2 Å². The number of nitriles is 2. The van der Waals surface area contributed by atoms with Crippen molar-refractivity contribution in [3.8, 4) is 12.1 Å². The predicted octanol–water partition coefficient (Wildman–Crippen LogP) is 1.92. The maximum Gasteiger partial charge on any atom is 0.251 e. The molecule has 0 saturated carbocycles. The zero-order valence-electron chi connectivity index (χ0n) is 9.21. The Labute approximate surface area is 94.9 Å². The lowest BCUT2D eigenvalue weighted by atomic mass is 10.1. The monoisotopic (exact) mass is 215 g/mol. The summed E-state index contributed by atoms with van der Waals surface area (Å²) in [4.78, 5) is 11.5. The number of unbranched alkanes of at least 4 members (excludes halogenated alkanes) is 2. The quantitative estimate of drug-likeness (QED) is 0.575. The van der Waals surface area contributed by atoms with Crippen molar-refractivity contribution in [2.24, 2.45) is 0 Å². The van der Waals surface area contributed by atoms with Crippen LogP contribution in [0.15, 0.2) is 22.9 Å². The zero-order valence-corrected chi connectivity index (χ0v) is 9.21. The highest BCUT2D eigenvalue weighted by Gasteiger charge is 2.20. The van der Waals surface area contributed by atoms with Crippen LogP contribution in [0.5, 0.6) is 0 Å². The molecule has 1 aliphatic heterocycles. The smallest absolute Gasteiger partial charge is 0.251 e. The largest absolute Gasteiger partial charge is 0.320 e. The van der Waals surface area contributed by atoms with Crippen LogP contribution in [-0.2, 0) is 4.79 Å². The number of carbonyl (C=O) groups is 1. The van der Waals surface area contributed by atoms with E-state index in [0.29, 0.717) is 17.7 Å². The fourth-order valence-electron chi connectivity index (χ4n) is 1.51. The van der Waals surface area contributed by atoms with Crippen LogP contribution in [0.4, 0.5) is 0 Å². The number of rotatable bonds is 4. The third-order valence-electron chi connectivity index (χ3n) is 2.40. The standard InChI is InChI=1S/C12H13N3O/c1-2-3-4-5-9-6-11(15-12(9)16)10(7-13)8-14/h6H,2-5H2,1H3,(H,15,16). The minimum absolute atomic E-state index is 0.0427. The second-order valence-corrected chi connectivity index (χ2v) is 3.59. The van der Waals surface area contributed by atoms with E-state index in [1.807, 2.05) is 0 Å². The molecule has 0 aromatic heterocycles. The summed E-state index contributed by atoms with van der Waals surface area (Å²) in [6.45, 7) is 2.10. The second-order valence-electron chi connectivity index (χ2n) is 3.59. The van der Waals surface area contributed by atoms with Crippen LogP contribution in [0.1, 0.15) is 32.6 Å². The number of hydrogen-bond donors (Lipinski definition) is 1. The van der Waals surface area contributed by atoms with Gasteiger partial charge in [0.15, 0.2) is 5.57 Å². The minimum atomic E-state index is -0.186. The summed E-state index contributed by atoms with van der Waals surface area (Å²) in [5.74, 6) is -0.186. The average Bonchev–Trinajstić information content (AvgIpc) is 2.63. The van der Waals surface area contributed by atoms with E-state index in [1.165, 1.54) is 0 Å². The van der Waals surface area contributed by atoms with E-state index in [-0.39, 0.29) is 11.5 Å². The van der Waals surface area contributed by atoms with Crippen LogP contribution in [0.25, 0.3) is 0 Å². The first-order valence-corrected chi connectivity index (χ1v) is 5.29. The van der Waals surface area contributed by atoms with Crippen LogP contribution in [-0.4, -0.2) is 5.91 Å². The lowest BCUT2D eigenvalue weighted by Crippen LogP contribution is -2.17.